The Kier molecular flexibility index (Phi) is 5.73. The summed E-state index contributed by atoms with van der Waals surface area (Å²) in [5.41, 5.74) is 2.94. The van der Waals surface area contributed by atoms with Gasteiger partial charge in [0, 0.05) is 64.9 Å². The summed E-state index contributed by atoms with van der Waals surface area (Å²) in [5, 5.41) is 11.7. The van der Waals surface area contributed by atoms with Gasteiger partial charge in [-0.15, -0.1) is 0 Å². The van der Waals surface area contributed by atoms with Crippen molar-refractivity contribution in [2.24, 2.45) is 0 Å². The first-order valence-corrected chi connectivity index (χ1v) is 10.4. The van der Waals surface area contributed by atoms with Crippen LogP contribution in [0.1, 0.15) is 17.2 Å². The van der Waals surface area contributed by atoms with E-state index >= 15 is 0 Å². The van der Waals surface area contributed by atoms with Gasteiger partial charge in [-0.2, -0.15) is 0 Å². The Labute approximate surface area is 177 Å². The van der Waals surface area contributed by atoms with E-state index in [0.717, 1.165) is 45.6 Å². The molecule has 0 amide bonds. The zero-order valence-corrected chi connectivity index (χ0v) is 17.6. The monoisotopic (exact) mass is 461 g/mol. The fraction of sp³-hybridized carbons (Fsp3) is 0.286. The van der Waals surface area contributed by atoms with Crippen LogP contribution in [0.15, 0.2) is 53.1 Å². The molecule has 7 heteroatoms. The molecule has 0 bridgehead atoms. The predicted molar refractivity (Wildman–Crippen MR) is 115 cm³/mol. The van der Waals surface area contributed by atoms with Gasteiger partial charge in [-0.3, -0.25) is 14.6 Å². The minimum atomic E-state index is -0.816. The second kappa shape index (κ2) is 8.25. The second-order valence-electron chi connectivity index (χ2n) is 7.12. The molecule has 0 aliphatic carbocycles. The molecular formula is C21H21BrClN3O2. The lowest BCUT2D eigenvalue weighted by molar-refractivity contribution is -0.144. The van der Waals surface area contributed by atoms with Crippen LogP contribution in [0.4, 0.5) is 0 Å². The smallest absolute Gasteiger partial charge is 0.325 e. The highest BCUT2D eigenvalue weighted by Crippen LogP contribution is 2.31. The van der Waals surface area contributed by atoms with Gasteiger partial charge in [-0.1, -0.05) is 39.7 Å². The number of aromatic amines is 1. The molecule has 1 fully saturated rings. The van der Waals surface area contributed by atoms with Crippen LogP contribution in [0.25, 0.3) is 10.9 Å². The molecule has 2 heterocycles. The van der Waals surface area contributed by atoms with Gasteiger partial charge in [0.05, 0.1) is 0 Å². The topological polar surface area (TPSA) is 59.6 Å². The predicted octanol–water partition coefficient (Wildman–Crippen LogP) is 4.53. The molecule has 2 N–H and O–H groups in total. The maximum Gasteiger partial charge on any atom is 0.325 e. The van der Waals surface area contributed by atoms with Gasteiger partial charge in [0.1, 0.15) is 6.04 Å². The van der Waals surface area contributed by atoms with Crippen molar-refractivity contribution in [2.75, 3.05) is 26.2 Å². The number of aromatic nitrogens is 1. The van der Waals surface area contributed by atoms with Crippen molar-refractivity contribution in [3.63, 3.8) is 0 Å². The Morgan fingerprint density at radius 1 is 1.18 bits per heavy atom. The van der Waals surface area contributed by atoms with E-state index in [1.54, 1.807) is 0 Å². The Hall–Kier alpha value is -1.86. The largest absolute Gasteiger partial charge is 0.480 e. The molecule has 0 unspecified atom stereocenters. The van der Waals surface area contributed by atoms with E-state index < -0.39 is 12.0 Å². The Morgan fingerprint density at radius 2 is 1.96 bits per heavy atom. The first-order valence-electron chi connectivity index (χ1n) is 9.21. The van der Waals surface area contributed by atoms with Gasteiger partial charge in [0.2, 0.25) is 0 Å². The van der Waals surface area contributed by atoms with Gasteiger partial charge < -0.3 is 10.1 Å². The van der Waals surface area contributed by atoms with Crippen LogP contribution in [0.5, 0.6) is 0 Å². The van der Waals surface area contributed by atoms with E-state index in [2.05, 4.69) is 36.8 Å². The summed E-state index contributed by atoms with van der Waals surface area (Å²) in [6.07, 6.45) is 1.83. The van der Waals surface area contributed by atoms with Gasteiger partial charge in [0.15, 0.2) is 0 Å². The SMILES string of the molecule is O=C(O)[C@@H](c1c[nH]c2ccc(Br)cc12)N1CCN(Cc2cccc(Cl)c2)CC1. The van der Waals surface area contributed by atoms with Crippen molar-refractivity contribution in [3.05, 3.63) is 69.3 Å². The number of carbonyl (C=O) groups is 1. The summed E-state index contributed by atoms with van der Waals surface area (Å²) in [5.74, 6) is -0.816. The number of fused-ring (bicyclic) bond motifs is 1. The average molecular weight is 463 g/mol. The maximum absolute atomic E-state index is 12.1. The lowest BCUT2D eigenvalue weighted by Crippen LogP contribution is -2.48. The highest BCUT2D eigenvalue weighted by atomic mass is 79.9. The molecule has 28 heavy (non-hydrogen) atoms. The summed E-state index contributed by atoms with van der Waals surface area (Å²) in [4.78, 5) is 19.7. The summed E-state index contributed by atoms with van der Waals surface area (Å²) in [6.45, 7) is 3.88. The van der Waals surface area contributed by atoms with E-state index in [0.29, 0.717) is 13.1 Å². The second-order valence-corrected chi connectivity index (χ2v) is 8.47. The molecule has 1 atom stereocenters. The molecule has 2 aromatic carbocycles. The van der Waals surface area contributed by atoms with Crippen molar-refractivity contribution in [3.8, 4) is 0 Å². The summed E-state index contributed by atoms with van der Waals surface area (Å²) >= 11 is 9.57. The molecule has 1 aromatic heterocycles. The number of halogens is 2. The number of piperazine rings is 1. The van der Waals surface area contributed by atoms with Crippen LogP contribution < -0.4 is 0 Å². The Morgan fingerprint density at radius 3 is 2.68 bits per heavy atom. The third kappa shape index (κ3) is 4.10. The van der Waals surface area contributed by atoms with Crippen molar-refractivity contribution in [1.29, 1.82) is 0 Å². The normalized spacial score (nSPS) is 17.1. The van der Waals surface area contributed by atoms with Crippen LogP contribution in [0.2, 0.25) is 5.02 Å². The minimum absolute atomic E-state index is 0.656. The number of nitrogens with one attached hydrogen (secondary N) is 1. The zero-order valence-electron chi connectivity index (χ0n) is 15.2. The third-order valence-corrected chi connectivity index (χ3v) is 6.00. The number of benzene rings is 2. The van der Waals surface area contributed by atoms with Gasteiger partial charge in [-0.25, -0.2) is 0 Å². The molecular weight excluding hydrogens is 442 g/mol. The molecule has 0 saturated carbocycles. The highest BCUT2D eigenvalue weighted by Gasteiger charge is 2.32. The van der Waals surface area contributed by atoms with Gasteiger partial charge >= 0.3 is 5.97 Å². The lowest BCUT2D eigenvalue weighted by Gasteiger charge is -2.37. The maximum atomic E-state index is 12.1. The Balaban J connectivity index is 1.49. The highest BCUT2D eigenvalue weighted by molar-refractivity contribution is 9.10. The summed E-state index contributed by atoms with van der Waals surface area (Å²) < 4.78 is 0.941. The fourth-order valence-electron chi connectivity index (χ4n) is 3.90. The molecule has 1 aliphatic heterocycles. The van der Waals surface area contributed by atoms with Crippen molar-refractivity contribution in [1.82, 2.24) is 14.8 Å². The van der Waals surface area contributed by atoms with Crippen molar-refractivity contribution < 1.29 is 9.90 Å². The molecule has 0 radical (unpaired) electrons. The lowest BCUT2D eigenvalue weighted by atomic mass is 10.0. The van der Waals surface area contributed by atoms with Gasteiger partial charge in [0.25, 0.3) is 0 Å². The van der Waals surface area contributed by atoms with Crippen LogP contribution in [0.3, 0.4) is 0 Å². The van der Waals surface area contributed by atoms with E-state index in [1.165, 1.54) is 5.56 Å². The van der Waals surface area contributed by atoms with E-state index in [4.69, 9.17) is 11.6 Å². The summed E-state index contributed by atoms with van der Waals surface area (Å²) in [6, 6.07) is 13.1. The van der Waals surface area contributed by atoms with E-state index in [-0.39, 0.29) is 0 Å². The molecule has 1 saturated heterocycles. The van der Waals surface area contributed by atoms with E-state index in [9.17, 15) is 9.90 Å². The quantitative estimate of drug-likeness (QED) is 0.585. The number of nitrogens with zero attached hydrogens (tertiary/aromatic N) is 2. The minimum Gasteiger partial charge on any atom is -0.480 e. The first kappa shape index (κ1) is 19.5. The number of carboxylic acid groups (broad SMARTS) is 1. The first-order chi connectivity index (χ1) is 13.5. The average Bonchev–Trinajstić information content (AvgIpc) is 3.06. The zero-order chi connectivity index (χ0) is 19.7. The number of carboxylic acids is 1. The fourth-order valence-corrected chi connectivity index (χ4v) is 4.47. The summed E-state index contributed by atoms with van der Waals surface area (Å²) in [7, 11) is 0. The Bertz CT molecular complexity index is 998. The molecule has 3 aromatic rings. The molecule has 1 aliphatic rings. The molecule has 0 spiro atoms. The number of hydrogen-bond donors (Lipinski definition) is 2. The number of rotatable bonds is 5. The van der Waals surface area contributed by atoms with E-state index in [1.807, 2.05) is 42.6 Å². The number of H-pyrrole nitrogens is 1. The molecule has 146 valence electrons. The van der Waals surface area contributed by atoms with Crippen molar-refractivity contribution >= 4 is 44.4 Å². The third-order valence-electron chi connectivity index (χ3n) is 5.27. The molecule has 5 nitrogen and oxygen atoms in total. The number of hydrogen-bond acceptors (Lipinski definition) is 3. The van der Waals surface area contributed by atoms with Crippen LogP contribution in [-0.2, 0) is 11.3 Å². The van der Waals surface area contributed by atoms with Crippen molar-refractivity contribution in [2.45, 2.75) is 12.6 Å². The van der Waals surface area contributed by atoms with Gasteiger partial charge in [-0.05, 0) is 35.9 Å². The number of aliphatic carboxylic acids is 1. The van der Waals surface area contributed by atoms with Crippen LogP contribution in [0, 0.1) is 0 Å². The standard InChI is InChI=1S/C21H21BrClN3O2/c22-15-4-5-19-17(11-15)18(12-24-19)20(21(27)28)26-8-6-25(7-9-26)13-14-2-1-3-16(23)10-14/h1-5,10-12,20,24H,6-9,13H2,(H,27,28)/t20-/m1/s1. The van der Waals surface area contributed by atoms with Crippen LogP contribution in [-0.4, -0.2) is 52.0 Å². The van der Waals surface area contributed by atoms with Crippen LogP contribution >= 0.6 is 27.5 Å². The molecule has 4 rings (SSSR count).